The summed E-state index contributed by atoms with van der Waals surface area (Å²) in [6, 6.07) is 19.5. The number of likely N-dealkylation sites (tertiary alicyclic amines) is 1. The molecule has 2 amide bonds. The topological polar surface area (TPSA) is 37.4 Å². The van der Waals surface area contributed by atoms with E-state index in [9.17, 15) is 9.59 Å². The maximum absolute atomic E-state index is 12.6. The highest BCUT2D eigenvalue weighted by atomic mass is 32.2. The lowest BCUT2D eigenvalue weighted by Gasteiger charge is -2.23. The number of carbonyl (C=O) groups is 2. The Balaban J connectivity index is 1.68. The van der Waals surface area contributed by atoms with Gasteiger partial charge >= 0.3 is 0 Å². The van der Waals surface area contributed by atoms with Gasteiger partial charge in [0.15, 0.2) is 0 Å². The van der Waals surface area contributed by atoms with Gasteiger partial charge in [-0.2, -0.15) is 0 Å². The Morgan fingerprint density at radius 1 is 1.04 bits per heavy atom. The monoisotopic (exact) mass is 325 g/mol. The number of hydrogen-bond acceptors (Lipinski definition) is 3. The average Bonchev–Trinajstić information content (AvgIpc) is 2.88. The van der Waals surface area contributed by atoms with Gasteiger partial charge in [-0.05, 0) is 18.1 Å². The van der Waals surface area contributed by atoms with Crippen molar-refractivity contribution in [2.45, 2.75) is 30.4 Å². The van der Waals surface area contributed by atoms with Gasteiger partial charge in [-0.3, -0.25) is 14.5 Å². The van der Waals surface area contributed by atoms with Gasteiger partial charge in [0.05, 0.1) is 11.3 Å². The molecule has 1 unspecified atom stereocenters. The van der Waals surface area contributed by atoms with Crippen LogP contribution in [-0.2, 0) is 15.3 Å². The summed E-state index contributed by atoms with van der Waals surface area (Å²) in [6.07, 6.45) is 0.299. The largest absolute Gasteiger partial charge is 0.274 e. The third kappa shape index (κ3) is 3.48. The summed E-state index contributed by atoms with van der Waals surface area (Å²) in [4.78, 5) is 26.4. The third-order valence-corrected chi connectivity index (χ3v) is 5.38. The van der Waals surface area contributed by atoms with E-state index >= 15 is 0 Å². The van der Waals surface area contributed by atoms with E-state index < -0.39 is 0 Å². The van der Waals surface area contributed by atoms with Gasteiger partial charge in [-0.25, -0.2) is 0 Å². The fourth-order valence-electron chi connectivity index (χ4n) is 2.81. The maximum atomic E-state index is 12.6. The molecule has 2 atom stereocenters. The Morgan fingerprint density at radius 2 is 1.65 bits per heavy atom. The Morgan fingerprint density at radius 3 is 2.30 bits per heavy atom. The maximum Gasteiger partial charge on any atom is 0.243 e. The third-order valence-electron chi connectivity index (χ3n) is 4.10. The number of imide groups is 1. The molecule has 23 heavy (non-hydrogen) atoms. The van der Waals surface area contributed by atoms with Crippen LogP contribution in [0.25, 0.3) is 0 Å². The van der Waals surface area contributed by atoms with E-state index in [2.05, 4.69) is 0 Å². The van der Waals surface area contributed by atoms with Crippen molar-refractivity contribution in [1.82, 2.24) is 4.90 Å². The zero-order chi connectivity index (χ0) is 16.2. The standard InChI is InChI=1S/C19H19NO2S/c1-14(16-10-6-3-7-11-16)20-18(21)12-17(19(20)22)23-13-15-8-4-2-5-9-15/h2-11,14,17H,12-13H2,1H3/t14-,17?/m0/s1. The molecule has 0 saturated carbocycles. The molecule has 0 aliphatic carbocycles. The first-order chi connectivity index (χ1) is 11.2. The average molecular weight is 325 g/mol. The molecule has 2 aromatic carbocycles. The molecule has 0 radical (unpaired) electrons. The van der Waals surface area contributed by atoms with E-state index in [4.69, 9.17) is 0 Å². The normalized spacial score (nSPS) is 19.2. The van der Waals surface area contributed by atoms with Crippen molar-refractivity contribution in [2.75, 3.05) is 0 Å². The van der Waals surface area contributed by atoms with Crippen molar-refractivity contribution in [2.24, 2.45) is 0 Å². The second kappa shape index (κ2) is 7.01. The van der Waals surface area contributed by atoms with E-state index in [0.717, 1.165) is 11.3 Å². The van der Waals surface area contributed by atoms with Crippen LogP contribution >= 0.6 is 11.8 Å². The Kier molecular flexibility index (Phi) is 4.82. The summed E-state index contributed by atoms with van der Waals surface area (Å²) in [5, 5.41) is -0.270. The highest BCUT2D eigenvalue weighted by Crippen LogP contribution is 2.33. The molecule has 3 rings (SSSR count). The lowest BCUT2D eigenvalue weighted by Crippen LogP contribution is -2.33. The molecule has 4 heteroatoms. The molecule has 1 heterocycles. The number of nitrogens with zero attached hydrogens (tertiary/aromatic N) is 1. The van der Waals surface area contributed by atoms with Gasteiger partial charge in [-0.15, -0.1) is 11.8 Å². The molecule has 2 aromatic rings. The van der Waals surface area contributed by atoms with E-state index in [0.29, 0.717) is 6.42 Å². The minimum atomic E-state index is -0.270. The SMILES string of the molecule is C[C@@H](c1ccccc1)N1C(=O)CC(SCc2ccccc2)C1=O. The number of benzene rings is 2. The van der Waals surface area contributed by atoms with Crippen LogP contribution in [-0.4, -0.2) is 22.0 Å². The minimum Gasteiger partial charge on any atom is -0.274 e. The summed E-state index contributed by atoms with van der Waals surface area (Å²) in [7, 11) is 0. The fourth-order valence-corrected chi connectivity index (χ4v) is 3.91. The zero-order valence-corrected chi connectivity index (χ0v) is 13.8. The molecule has 1 aliphatic rings. The molecule has 1 aliphatic heterocycles. The van der Waals surface area contributed by atoms with Crippen LogP contribution in [0, 0.1) is 0 Å². The summed E-state index contributed by atoms with van der Waals surface area (Å²) in [5.74, 6) is 0.613. The molecule has 1 fully saturated rings. The van der Waals surface area contributed by atoms with Gasteiger partial charge < -0.3 is 0 Å². The molecular weight excluding hydrogens is 306 g/mol. The lowest BCUT2D eigenvalue weighted by molar-refractivity contribution is -0.140. The fraction of sp³-hybridized carbons (Fsp3) is 0.263. The molecule has 0 bridgehead atoms. The molecule has 118 valence electrons. The lowest BCUT2D eigenvalue weighted by atomic mass is 10.1. The van der Waals surface area contributed by atoms with Crippen molar-refractivity contribution in [3.63, 3.8) is 0 Å². The van der Waals surface area contributed by atoms with Crippen molar-refractivity contribution in [1.29, 1.82) is 0 Å². The Bertz CT molecular complexity index is 687. The molecule has 0 spiro atoms. The smallest absolute Gasteiger partial charge is 0.243 e. The van der Waals surface area contributed by atoms with Crippen LogP contribution in [0.5, 0.6) is 0 Å². The van der Waals surface area contributed by atoms with E-state index in [1.165, 1.54) is 10.5 Å². The molecule has 1 saturated heterocycles. The summed E-state index contributed by atoms with van der Waals surface area (Å²) >= 11 is 1.55. The van der Waals surface area contributed by atoms with Crippen molar-refractivity contribution >= 4 is 23.6 Å². The van der Waals surface area contributed by atoms with E-state index in [1.54, 1.807) is 11.8 Å². The highest BCUT2D eigenvalue weighted by molar-refractivity contribution is 7.99. The molecule has 3 nitrogen and oxygen atoms in total. The van der Waals surface area contributed by atoms with Crippen LogP contribution < -0.4 is 0 Å². The predicted molar refractivity (Wildman–Crippen MR) is 92.9 cm³/mol. The first-order valence-electron chi connectivity index (χ1n) is 7.73. The first-order valence-corrected chi connectivity index (χ1v) is 8.78. The van der Waals surface area contributed by atoms with Crippen molar-refractivity contribution in [3.8, 4) is 0 Å². The number of amides is 2. The first kappa shape index (κ1) is 15.8. The van der Waals surface area contributed by atoms with Gasteiger partial charge in [-0.1, -0.05) is 60.7 Å². The molecule has 0 N–H and O–H groups in total. The van der Waals surface area contributed by atoms with Crippen LogP contribution in [0.4, 0.5) is 0 Å². The van der Waals surface area contributed by atoms with Gasteiger partial charge in [0.25, 0.3) is 0 Å². The summed E-state index contributed by atoms with van der Waals surface area (Å²) < 4.78 is 0. The summed E-state index contributed by atoms with van der Waals surface area (Å²) in [5.41, 5.74) is 2.16. The van der Waals surface area contributed by atoms with Crippen LogP contribution in [0.1, 0.15) is 30.5 Å². The number of rotatable bonds is 5. The van der Waals surface area contributed by atoms with Crippen LogP contribution in [0.15, 0.2) is 60.7 Å². The minimum absolute atomic E-state index is 0.0627. The predicted octanol–water partition coefficient (Wildman–Crippen LogP) is 3.81. The van der Waals surface area contributed by atoms with Gasteiger partial charge in [0.2, 0.25) is 11.8 Å². The summed E-state index contributed by atoms with van der Waals surface area (Å²) in [6.45, 7) is 1.91. The van der Waals surface area contributed by atoms with E-state index in [-0.39, 0.29) is 23.1 Å². The second-order valence-corrected chi connectivity index (χ2v) is 6.87. The number of thioether (sulfide) groups is 1. The number of carbonyl (C=O) groups excluding carboxylic acids is 2. The van der Waals surface area contributed by atoms with Crippen LogP contribution in [0.3, 0.4) is 0 Å². The second-order valence-electron chi connectivity index (χ2n) is 5.68. The molecular formula is C19H19NO2S. The van der Waals surface area contributed by atoms with E-state index in [1.807, 2.05) is 67.6 Å². The quantitative estimate of drug-likeness (QED) is 0.785. The van der Waals surface area contributed by atoms with Crippen molar-refractivity contribution in [3.05, 3.63) is 71.8 Å². The van der Waals surface area contributed by atoms with Crippen LogP contribution in [0.2, 0.25) is 0 Å². The Hall–Kier alpha value is -2.07. The van der Waals surface area contributed by atoms with Crippen molar-refractivity contribution < 1.29 is 9.59 Å². The van der Waals surface area contributed by atoms with Gasteiger partial charge in [0.1, 0.15) is 0 Å². The molecule has 0 aromatic heterocycles. The zero-order valence-electron chi connectivity index (χ0n) is 13.0. The highest BCUT2D eigenvalue weighted by Gasteiger charge is 2.41. The van der Waals surface area contributed by atoms with Gasteiger partial charge in [0, 0.05) is 12.2 Å². The Labute approximate surface area is 140 Å². The number of hydrogen-bond donors (Lipinski definition) is 0.